The second-order valence-corrected chi connectivity index (χ2v) is 4.36. The van der Waals surface area contributed by atoms with Crippen molar-refractivity contribution in [3.8, 4) is 0 Å². The van der Waals surface area contributed by atoms with Gasteiger partial charge in [-0.3, -0.25) is 0 Å². The zero-order valence-corrected chi connectivity index (χ0v) is 9.68. The molecule has 0 unspecified atom stereocenters. The van der Waals surface area contributed by atoms with E-state index in [-0.39, 0.29) is 0 Å². The van der Waals surface area contributed by atoms with Crippen molar-refractivity contribution in [2.24, 2.45) is 0 Å². The Hall–Kier alpha value is -1.06. The normalized spacial score (nSPS) is 10.2. The van der Waals surface area contributed by atoms with Gasteiger partial charge in [0.25, 0.3) is 0 Å². The Balaban J connectivity index is 1.93. The Morgan fingerprint density at radius 3 is 2.67 bits per heavy atom. The number of alkyl halides is 1. The maximum atomic E-state index is 5.71. The predicted octanol–water partition coefficient (Wildman–Crippen LogP) is 3.49. The number of nitrogens with zero attached hydrogens (tertiary/aromatic N) is 1. The standard InChI is InChI=1S/C11H11ClN2S/c12-7-9-1-3-10(4-2-9)14-8-11-13-5-6-15-11/h1-6,14H,7-8H2. The molecule has 0 fully saturated rings. The third kappa shape index (κ3) is 2.94. The molecule has 0 amide bonds. The lowest BCUT2D eigenvalue weighted by Gasteiger charge is -2.04. The minimum absolute atomic E-state index is 0.562. The summed E-state index contributed by atoms with van der Waals surface area (Å²) in [4.78, 5) is 4.20. The summed E-state index contributed by atoms with van der Waals surface area (Å²) in [5.41, 5.74) is 2.23. The first-order chi connectivity index (χ1) is 7.38. The minimum atomic E-state index is 0.562. The van der Waals surface area contributed by atoms with E-state index in [1.54, 1.807) is 11.3 Å². The molecule has 0 radical (unpaired) electrons. The van der Waals surface area contributed by atoms with Crippen LogP contribution in [-0.2, 0) is 12.4 Å². The van der Waals surface area contributed by atoms with Crippen molar-refractivity contribution in [3.63, 3.8) is 0 Å². The molecular weight excluding hydrogens is 228 g/mol. The topological polar surface area (TPSA) is 24.9 Å². The van der Waals surface area contributed by atoms with E-state index in [0.717, 1.165) is 22.8 Å². The highest BCUT2D eigenvalue weighted by Crippen LogP contribution is 2.13. The first-order valence-electron chi connectivity index (χ1n) is 4.65. The van der Waals surface area contributed by atoms with Gasteiger partial charge in [0.15, 0.2) is 0 Å². The van der Waals surface area contributed by atoms with Gasteiger partial charge in [0.1, 0.15) is 5.01 Å². The average Bonchev–Trinajstić information content (AvgIpc) is 2.80. The van der Waals surface area contributed by atoms with Gasteiger partial charge in [-0.15, -0.1) is 22.9 Å². The van der Waals surface area contributed by atoms with Crippen LogP contribution in [0.25, 0.3) is 0 Å². The van der Waals surface area contributed by atoms with Crippen molar-refractivity contribution in [2.45, 2.75) is 12.4 Å². The van der Waals surface area contributed by atoms with Gasteiger partial charge < -0.3 is 5.32 Å². The van der Waals surface area contributed by atoms with E-state index in [1.807, 2.05) is 35.8 Å². The van der Waals surface area contributed by atoms with E-state index in [1.165, 1.54) is 0 Å². The first kappa shape index (κ1) is 10.5. The summed E-state index contributed by atoms with van der Waals surface area (Å²) >= 11 is 7.36. The highest BCUT2D eigenvalue weighted by Gasteiger charge is 1.96. The fourth-order valence-corrected chi connectivity index (χ4v) is 1.96. The summed E-state index contributed by atoms with van der Waals surface area (Å²) in [6, 6.07) is 8.12. The van der Waals surface area contributed by atoms with Crippen LogP contribution < -0.4 is 5.32 Å². The molecule has 2 aromatic rings. The monoisotopic (exact) mass is 238 g/mol. The van der Waals surface area contributed by atoms with Crippen molar-refractivity contribution in [1.29, 1.82) is 0 Å². The van der Waals surface area contributed by atoms with Crippen LogP contribution in [-0.4, -0.2) is 4.98 Å². The third-order valence-electron chi connectivity index (χ3n) is 2.04. The molecule has 0 saturated heterocycles. The smallest absolute Gasteiger partial charge is 0.112 e. The Morgan fingerprint density at radius 1 is 1.27 bits per heavy atom. The number of nitrogens with one attached hydrogen (secondary N) is 1. The fraction of sp³-hybridized carbons (Fsp3) is 0.182. The summed E-state index contributed by atoms with van der Waals surface area (Å²) < 4.78 is 0. The number of anilines is 1. The Morgan fingerprint density at radius 2 is 2.07 bits per heavy atom. The number of rotatable bonds is 4. The Labute approximate surface area is 97.9 Å². The summed E-state index contributed by atoms with van der Waals surface area (Å²) in [7, 11) is 0. The lowest BCUT2D eigenvalue weighted by Crippen LogP contribution is -1.98. The van der Waals surface area contributed by atoms with E-state index in [9.17, 15) is 0 Å². The Kier molecular flexibility index (Phi) is 3.59. The van der Waals surface area contributed by atoms with Crippen LogP contribution in [0.4, 0.5) is 5.69 Å². The summed E-state index contributed by atoms with van der Waals surface area (Å²) in [5, 5.41) is 6.38. The van der Waals surface area contributed by atoms with Gasteiger partial charge in [-0.1, -0.05) is 12.1 Å². The molecule has 0 aliphatic rings. The largest absolute Gasteiger partial charge is 0.379 e. The lowest BCUT2D eigenvalue weighted by atomic mass is 10.2. The predicted molar refractivity (Wildman–Crippen MR) is 65.4 cm³/mol. The molecule has 2 rings (SSSR count). The molecular formula is C11H11ClN2S. The molecule has 1 N–H and O–H groups in total. The third-order valence-corrected chi connectivity index (χ3v) is 3.12. The van der Waals surface area contributed by atoms with Crippen molar-refractivity contribution >= 4 is 28.6 Å². The molecule has 1 heterocycles. The second kappa shape index (κ2) is 5.14. The highest BCUT2D eigenvalue weighted by molar-refractivity contribution is 7.09. The lowest BCUT2D eigenvalue weighted by molar-refractivity contribution is 1.10. The van der Waals surface area contributed by atoms with Crippen molar-refractivity contribution in [2.75, 3.05) is 5.32 Å². The number of hydrogen-bond acceptors (Lipinski definition) is 3. The molecule has 2 nitrogen and oxygen atoms in total. The van der Waals surface area contributed by atoms with Gasteiger partial charge in [-0.25, -0.2) is 4.98 Å². The average molecular weight is 239 g/mol. The van der Waals surface area contributed by atoms with E-state index in [0.29, 0.717) is 5.88 Å². The molecule has 1 aromatic carbocycles. The van der Waals surface area contributed by atoms with Crippen LogP contribution in [0.5, 0.6) is 0 Å². The number of halogens is 1. The Bertz CT molecular complexity index is 397. The molecule has 78 valence electrons. The molecule has 0 aliphatic heterocycles. The molecule has 0 bridgehead atoms. The number of aromatic nitrogens is 1. The van der Waals surface area contributed by atoms with E-state index >= 15 is 0 Å². The maximum Gasteiger partial charge on any atom is 0.112 e. The summed E-state index contributed by atoms with van der Waals surface area (Å²) in [6.07, 6.45) is 1.82. The molecule has 0 aliphatic carbocycles. The van der Waals surface area contributed by atoms with Crippen LogP contribution in [0.2, 0.25) is 0 Å². The number of hydrogen-bond donors (Lipinski definition) is 1. The van der Waals surface area contributed by atoms with E-state index in [4.69, 9.17) is 11.6 Å². The molecule has 0 atom stereocenters. The molecule has 1 aromatic heterocycles. The highest BCUT2D eigenvalue weighted by atomic mass is 35.5. The van der Waals surface area contributed by atoms with Crippen LogP contribution in [0.3, 0.4) is 0 Å². The molecule has 0 saturated carbocycles. The van der Waals surface area contributed by atoms with Gasteiger partial charge in [-0.05, 0) is 17.7 Å². The van der Waals surface area contributed by atoms with E-state index < -0.39 is 0 Å². The molecule has 4 heteroatoms. The van der Waals surface area contributed by atoms with Crippen LogP contribution in [0, 0.1) is 0 Å². The van der Waals surface area contributed by atoms with Gasteiger partial charge in [0.05, 0.1) is 6.54 Å². The first-order valence-corrected chi connectivity index (χ1v) is 6.07. The minimum Gasteiger partial charge on any atom is -0.379 e. The number of benzene rings is 1. The quantitative estimate of drug-likeness (QED) is 0.825. The SMILES string of the molecule is ClCc1ccc(NCc2nccs2)cc1. The maximum absolute atomic E-state index is 5.71. The van der Waals surface area contributed by atoms with Gasteiger partial charge >= 0.3 is 0 Å². The summed E-state index contributed by atoms with van der Waals surface area (Å²) in [6.45, 7) is 0.776. The van der Waals surface area contributed by atoms with Crippen LogP contribution in [0.1, 0.15) is 10.6 Å². The number of thiazole rings is 1. The van der Waals surface area contributed by atoms with E-state index in [2.05, 4.69) is 10.3 Å². The van der Waals surface area contributed by atoms with Gasteiger partial charge in [0.2, 0.25) is 0 Å². The molecule has 15 heavy (non-hydrogen) atoms. The fourth-order valence-electron chi connectivity index (χ4n) is 1.23. The summed E-state index contributed by atoms with van der Waals surface area (Å²) in [5.74, 6) is 0.562. The van der Waals surface area contributed by atoms with Crippen molar-refractivity contribution in [1.82, 2.24) is 4.98 Å². The zero-order valence-electron chi connectivity index (χ0n) is 8.11. The van der Waals surface area contributed by atoms with Crippen LogP contribution >= 0.6 is 22.9 Å². The second-order valence-electron chi connectivity index (χ2n) is 3.11. The van der Waals surface area contributed by atoms with Gasteiger partial charge in [-0.2, -0.15) is 0 Å². The zero-order chi connectivity index (χ0) is 10.5. The molecule has 0 spiro atoms. The van der Waals surface area contributed by atoms with Crippen LogP contribution in [0.15, 0.2) is 35.8 Å². The van der Waals surface area contributed by atoms with Crippen molar-refractivity contribution in [3.05, 3.63) is 46.4 Å². The van der Waals surface area contributed by atoms with Crippen molar-refractivity contribution < 1.29 is 0 Å². The van der Waals surface area contributed by atoms with Gasteiger partial charge in [0, 0.05) is 23.1 Å².